The first-order valence-electron chi connectivity index (χ1n) is 5.53. The minimum Gasteiger partial charge on any atom is -0.317 e. The molecular weight excluding hydrogens is 249 g/mol. The third-order valence-corrected chi connectivity index (χ3v) is 2.73. The van der Waals surface area contributed by atoms with Crippen LogP contribution in [0.4, 0.5) is 4.39 Å². The zero-order valence-electron chi connectivity index (χ0n) is 10.2. The lowest BCUT2D eigenvalue weighted by Crippen LogP contribution is -2.34. The van der Waals surface area contributed by atoms with Gasteiger partial charge in [0.1, 0.15) is 11.4 Å². The van der Waals surface area contributed by atoms with E-state index in [9.17, 15) is 14.0 Å². The van der Waals surface area contributed by atoms with Crippen molar-refractivity contribution < 1.29 is 9.18 Å². The van der Waals surface area contributed by atoms with Crippen LogP contribution in [0.15, 0.2) is 41.3 Å². The van der Waals surface area contributed by atoms with Crippen LogP contribution >= 0.6 is 0 Å². The van der Waals surface area contributed by atoms with Crippen LogP contribution in [0.2, 0.25) is 0 Å². The van der Waals surface area contributed by atoms with Gasteiger partial charge in [-0.25, -0.2) is 10.2 Å². The maximum Gasteiger partial charge on any atom is 0.270 e. The summed E-state index contributed by atoms with van der Waals surface area (Å²) in [7, 11) is 0. The highest BCUT2D eigenvalue weighted by molar-refractivity contribution is 5.93. The van der Waals surface area contributed by atoms with Crippen LogP contribution < -0.4 is 16.7 Å². The van der Waals surface area contributed by atoms with Gasteiger partial charge in [-0.3, -0.25) is 15.0 Å². The standard InChI is InChI=1S/C13H12FN3O2/c1-8-6-12(18)9(13(19)16-15)7-17(8)11-5-3-2-4-10(11)14/h2-7H,15H2,1H3,(H,16,19). The smallest absolute Gasteiger partial charge is 0.270 e. The molecule has 0 saturated heterocycles. The number of rotatable bonds is 2. The van der Waals surface area contributed by atoms with Crippen LogP contribution in [0.25, 0.3) is 5.69 Å². The maximum absolute atomic E-state index is 13.7. The number of halogens is 1. The van der Waals surface area contributed by atoms with Gasteiger partial charge in [0, 0.05) is 18.0 Å². The van der Waals surface area contributed by atoms with E-state index in [1.54, 1.807) is 25.1 Å². The van der Waals surface area contributed by atoms with E-state index in [1.165, 1.54) is 22.9 Å². The van der Waals surface area contributed by atoms with Crippen LogP contribution in [0, 0.1) is 12.7 Å². The monoisotopic (exact) mass is 261 g/mol. The molecule has 2 aromatic rings. The number of para-hydroxylation sites is 1. The number of nitrogens with one attached hydrogen (secondary N) is 1. The lowest BCUT2D eigenvalue weighted by atomic mass is 10.2. The van der Waals surface area contributed by atoms with Gasteiger partial charge in [-0.15, -0.1) is 0 Å². The average molecular weight is 261 g/mol. The molecule has 0 aliphatic carbocycles. The Hall–Kier alpha value is -2.47. The number of pyridine rings is 1. The molecule has 6 heteroatoms. The van der Waals surface area contributed by atoms with Crippen LogP contribution in [-0.4, -0.2) is 10.5 Å². The number of nitrogens with two attached hydrogens (primary N) is 1. The average Bonchev–Trinajstić information content (AvgIpc) is 2.39. The van der Waals surface area contributed by atoms with Gasteiger partial charge in [-0.1, -0.05) is 12.1 Å². The largest absolute Gasteiger partial charge is 0.317 e. The van der Waals surface area contributed by atoms with Crippen LogP contribution in [0.5, 0.6) is 0 Å². The lowest BCUT2D eigenvalue weighted by Gasteiger charge is -2.12. The van der Waals surface area contributed by atoms with Crippen LogP contribution in [-0.2, 0) is 0 Å². The number of carbonyl (C=O) groups is 1. The molecule has 0 atom stereocenters. The molecule has 5 nitrogen and oxygen atoms in total. The quantitative estimate of drug-likeness (QED) is 0.479. The summed E-state index contributed by atoms with van der Waals surface area (Å²) >= 11 is 0. The van der Waals surface area contributed by atoms with Gasteiger partial charge in [-0.2, -0.15) is 0 Å². The van der Waals surface area contributed by atoms with E-state index in [2.05, 4.69) is 0 Å². The summed E-state index contributed by atoms with van der Waals surface area (Å²) in [6.45, 7) is 1.65. The van der Waals surface area contributed by atoms with E-state index in [-0.39, 0.29) is 11.3 Å². The molecule has 1 amide bonds. The molecule has 3 N–H and O–H groups in total. The summed E-state index contributed by atoms with van der Waals surface area (Å²) < 4.78 is 15.2. The molecule has 0 bridgehead atoms. The first-order valence-corrected chi connectivity index (χ1v) is 5.53. The molecule has 0 aliphatic heterocycles. The van der Waals surface area contributed by atoms with E-state index in [0.717, 1.165) is 0 Å². The normalized spacial score (nSPS) is 10.3. The molecule has 0 fully saturated rings. The van der Waals surface area contributed by atoms with Crippen molar-refractivity contribution in [2.45, 2.75) is 6.92 Å². The topological polar surface area (TPSA) is 77.1 Å². The van der Waals surface area contributed by atoms with E-state index in [1.807, 2.05) is 5.43 Å². The summed E-state index contributed by atoms with van der Waals surface area (Å²) in [5.41, 5.74) is 2.05. The van der Waals surface area contributed by atoms with E-state index >= 15 is 0 Å². The Morgan fingerprint density at radius 3 is 2.68 bits per heavy atom. The highest BCUT2D eigenvalue weighted by atomic mass is 19.1. The minimum atomic E-state index is -0.713. The van der Waals surface area contributed by atoms with Crippen molar-refractivity contribution in [2.75, 3.05) is 0 Å². The number of hydrogen-bond donors (Lipinski definition) is 2. The molecule has 0 unspecified atom stereocenters. The summed E-state index contributed by atoms with van der Waals surface area (Å²) in [6.07, 6.45) is 1.28. The number of carbonyl (C=O) groups excluding carboxylic acids is 1. The van der Waals surface area contributed by atoms with Crippen molar-refractivity contribution in [2.24, 2.45) is 5.84 Å². The highest BCUT2D eigenvalue weighted by Crippen LogP contribution is 2.14. The molecule has 98 valence electrons. The number of aryl methyl sites for hydroxylation is 1. The zero-order chi connectivity index (χ0) is 14.0. The molecule has 1 heterocycles. The number of aromatic nitrogens is 1. The number of benzene rings is 1. The summed E-state index contributed by atoms with van der Waals surface area (Å²) in [4.78, 5) is 23.2. The second-order valence-electron chi connectivity index (χ2n) is 3.99. The van der Waals surface area contributed by atoms with E-state index < -0.39 is 17.2 Å². The van der Waals surface area contributed by atoms with E-state index in [0.29, 0.717) is 5.69 Å². The Balaban J connectivity index is 2.68. The first kappa shape index (κ1) is 13.0. The Morgan fingerprint density at radius 2 is 2.05 bits per heavy atom. The van der Waals surface area contributed by atoms with Crippen molar-refractivity contribution in [1.82, 2.24) is 9.99 Å². The van der Waals surface area contributed by atoms with Crippen molar-refractivity contribution in [3.63, 3.8) is 0 Å². The molecule has 0 aliphatic rings. The molecule has 1 aromatic heterocycles. The zero-order valence-corrected chi connectivity index (χ0v) is 10.2. The molecule has 0 spiro atoms. The summed E-state index contributed by atoms with van der Waals surface area (Å²) in [6, 6.07) is 7.34. The minimum absolute atomic E-state index is 0.142. The first-order chi connectivity index (χ1) is 9.04. The summed E-state index contributed by atoms with van der Waals surface area (Å²) in [5, 5.41) is 0. The predicted octanol–water partition coefficient (Wildman–Crippen LogP) is 0.889. The van der Waals surface area contributed by atoms with Gasteiger partial charge in [0.25, 0.3) is 5.91 Å². The van der Waals surface area contributed by atoms with Crippen LogP contribution in [0.1, 0.15) is 16.1 Å². The number of nitrogens with zero attached hydrogens (tertiary/aromatic N) is 1. The van der Waals surface area contributed by atoms with Gasteiger partial charge < -0.3 is 4.57 Å². The molecule has 0 saturated carbocycles. The Bertz CT molecular complexity index is 695. The SMILES string of the molecule is Cc1cc(=O)c(C(=O)NN)cn1-c1ccccc1F. The third kappa shape index (κ3) is 2.38. The van der Waals surface area contributed by atoms with Gasteiger partial charge in [0.05, 0.1) is 5.69 Å². The fourth-order valence-corrected chi connectivity index (χ4v) is 1.79. The van der Waals surface area contributed by atoms with Crippen molar-refractivity contribution in [1.29, 1.82) is 0 Å². The molecule has 2 rings (SSSR count). The van der Waals surface area contributed by atoms with Gasteiger partial charge in [0.15, 0.2) is 5.43 Å². The highest BCUT2D eigenvalue weighted by Gasteiger charge is 2.13. The number of amides is 1. The fraction of sp³-hybridized carbons (Fsp3) is 0.0769. The lowest BCUT2D eigenvalue weighted by molar-refractivity contribution is 0.0952. The summed E-state index contributed by atoms with van der Waals surface area (Å²) in [5.74, 6) is 3.84. The molecule has 1 aromatic carbocycles. The van der Waals surface area contributed by atoms with Gasteiger partial charge in [-0.05, 0) is 19.1 Å². The molecular formula is C13H12FN3O2. The number of nitrogen functional groups attached to an aromatic ring is 1. The van der Waals surface area contributed by atoms with Gasteiger partial charge in [0.2, 0.25) is 0 Å². The van der Waals surface area contributed by atoms with Gasteiger partial charge >= 0.3 is 0 Å². The number of hydrazine groups is 1. The second kappa shape index (κ2) is 5.03. The number of hydrogen-bond acceptors (Lipinski definition) is 3. The van der Waals surface area contributed by atoms with Crippen molar-refractivity contribution in [3.05, 3.63) is 63.8 Å². The molecule has 0 radical (unpaired) electrons. The van der Waals surface area contributed by atoms with Crippen LogP contribution in [0.3, 0.4) is 0 Å². The third-order valence-electron chi connectivity index (χ3n) is 2.73. The maximum atomic E-state index is 13.7. The second-order valence-corrected chi connectivity index (χ2v) is 3.99. The van der Waals surface area contributed by atoms with Crippen molar-refractivity contribution in [3.8, 4) is 5.69 Å². The Kier molecular flexibility index (Phi) is 3.43. The Labute approximate surface area is 108 Å². The molecule has 19 heavy (non-hydrogen) atoms. The predicted molar refractivity (Wildman–Crippen MR) is 68.4 cm³/mol. The van der Waals surface area contributed by atoms with E-state index in [4.69, 9.17) is 5.84 Å². The fourth-order valence-electron chi connectivity index (χ4n) is 1.79. The van der Waals surface area contributed by atoms with Crippen molar-refractivity contribution >= 4 is 5.91 Å². The Morgan fingerprint density at radius 1 is 1.37 bits per heavy atom.